The summed E-state index contributed by atoms with van der Waals surface area (Å²) in [6.45, 7) is 15.3. The Hall–Kier alpha value is -2.91. The molecule has 3 rings (SSSR count). The molecule has 0 aromatic heterocycles. The number of hydrogen-bond acceptors (Lipinski definition) is 8. The molecule has 0 bridgehead atoms. The molecule has 2 aromatic carbocycles. The second kappa shape index (κ2) is 14.0. The van der Waals surface area contributed by atoms with Crippen LogP contribution >= 0.6 is 11.8 Å². The molecule has 0 saturated carbocycles. The fraction of sp³-hybridized carbons (Fsp3) is 0.500. The summed E-state index contributed by atoms with van der Waals surface area (Å²) < 4.78 is 12.5. The van der Waals surface area contributed by atoms with E-state index in [1.807, 2.05) is 24.3 Å². The normalized spacial score (nSPS) is 11.9. The number of nitrogens with one attached hydrogen (secondary N) is 1. The zero-order valence-corrected chi connectivity index (χ0v) is 22.7. The van der Waals surface area contributed by atoms with Gasteiger partial charge in [0.05, 0.1) is 23.8 Å². The average molecular weight is 508 g/mol. The van der Waals surface area contributed by atoms with Crippen molar-refractivity contribution in [2.24, 2.45) is 0 Å². The topological polar surface area (TPSA) is 84.5 Å². The molecule has 1 aliphatic heterocycles. The molecule has 1 aliphatic rings. The van der Waals surface area contributed by atoms with Crippen molar-refractivity contribution in [3.8, 4) is 23.6 Å². The van der Waals surface area contributed by atoms with Crippen molar-refractivity contribution in [3.05, 3.63) is 35.4 Å². The summed E-state index contributed by atoms with van der Waals surface area (Å²) in [5.74, 6) is 0.896. The monoisotopic (exact) mass is 507 g/mol. The molecule has 36 heavy (non-hydrogen) atoms. The van der Waals surface area contributed by atoms with E-state index in [4.69, 9.17) is 9.47 Å². The lowest BCUT2D eigenvalue weighted by atomic mass is 10.0. The van der Waals surface area contributed by atoms with E-state index in [9.17, 15) is 10.5 Å². The first-order valence-corrected chi connectivity index (χ1v) is 13.7. The van der Waals surface area contributed by atoms with E-state index in [1.54, 1.807) is 11.8 Å². The average Bonchev–Trinajstić information content (AvgIpc) is 2.92. The van der Waals surface area contributed by atoms with Crippen LogP contribution < -0.4 is 14.8 Å². The molecule has 0 atom stereocenters. The highest BCUT2D eigenvalue weighted by Gasteiger charge is 2.30. The third kappa shape index (κ3) is 6.44. The molecule has 1 heterocycles. The summed E-state index contributed by atoms with van der Waals surface area (Å²) in [5.41, 5.74) is 2.12. The molecule has 2 aromatic rings. The number of nitrogens with zero attached hydrogens (tertiary/aromatic N) is 4. The van der Waals surface area contributed by atoms with Crippen LogP contribution in [0.4, 0.5) is 11.4 Å². The van der Waals surface area contributed by atoms with Gasteiger partial charge in [0, 0.05) is 18.0 Å². The summed E-state index contributed by atoms with van der Waals surface area (Å²) in [6.07, 6.45) is 1.66. The maximum atomic E-state index is 10.1. The molecule has 0 fully saturated rings. The molecule has 7 nitrogen and oxygen atoms in total. The Balaban J connectivity index is 1.93. The van der Waals surface area contributed by atoms with Gasteiger partial charge in [-0.25, -0.2) is 0 Å². The number of anilines is 2. The molecule has 1 N–H and O–H groups in total. The van der Waals surface area contributed by atoms with Crippen LogP contribution in [0.5, 0.6) is 11.5 Å². The molecule has 0 saturated heterocycles. The highest BCUT2D eigenvalue weighted by atomic mass is 32.2. The Kier molecular flexibility index (Phi) is 10.8. The zero-order valence-electron chi connectivity index (χ0n) is 21.9. The van der Waals surface area contributed by atoms with Crippen LogP contribution in [-0.4, -0.2) is 62.3 Å². The molecule has 0 unspecified atom stereocenters. The highest BCUT2D eigenvalue weighted by molar-refractivity contribution is 7.99. The quantitative estimate of drug-likeness (QED) is 0.272. The van der Waals surface area contributed by atoms with Crippen LogP contribution in [0, 0.1) is 22.7 Å². The van der Waals surface area contributed by atoms with E-state index in [0.29, 0.717) is 30.4 Å². The first kappa shape index (κ1) is 27.7. The van der Waals surface area contributed by atoms with Crippen molar-refractivity contribution in [1.29, 1.82) is 10.5 Å². The van der Waals surface area contributed by atoms with Crippen molar-refractivity contribution in [2.45, 2.75) is 50.3 Å². The van der Waals surface area contributed by atoms with Gasteiger partial charge in [0.15, 0.2) is 11.5 Å². The Labute approximate surface area is 220 Å². The molecule has 0 spiro atoms. The SMILES string of the molecule is CCN(CC)CCCOc1c(C#N)c(C#N)c(OCCCN(CC)CC)c2c1Nc1ccccc1S2. The maximum absolute atomic E-state index is 10.1. The minimum Gasteiger partial charge on any atom is -0.491 e. The van der Waals surface area contributed by atoms with Crippen LogP contribution in [0.15, 0.2) is 34.1 Å². The van der Waals surface area contributed by atoms with E-state index in [0.717, 1.165) is 67.6 Å². The number of hydrogen-bond donors (Lipinski definition) is 1. The molecule has 0 amide bonds. The molecule has 0 aliphatic carbocycles. The number of para-hydroxylation sites is 1. The minimum atomic E-state index is 0.227. The van der Waals surface area contributed by atoms with Crippen LogP contribution in [0.2, 0.25) is 0 Å². The summed E-state index contributed by atoms with van der Waals surface area (Å²) in [7, 11) is 0. The Morgan fingerprint density at radius 3 is 1.89 bits per heavy atom. The van der Waals surface area contributed by atoms with E-state index in [1.165, 1.54) is 0 Å². The molecule has 0 radical (unpaired) electrons. The summed E-state index contributed by atoms with van der Waals surface area (Å²) in [5, 5.41) is 23.7. The van der Waals surface area contributed by atoms with Gasteiger partial charge in [-0.15, -0.1) is 0 Å². The second-order valence-electron chi connectivity index (χ2n) is 8.52. The van der Waals surface area contributed by atoms with Gasteiger partial charge in [0.2, 0.25) is 0 Å². The van der Waals surface area contributed by atoms with Gasteiger partial charge in [-0.05, 0) is 51.2 Å². The maximum Gasteiger partial charge on any atom is 0.163 e. The van der Waals surface area contributed by atoms with Crippen LogP contribution in [0.25, 0.3) is 0 Å². The van der Waals surface area contributed by atoms with E-state index in [2.05, 4.69) is 54.9 Å². The third-order valence-electron chi connectivity index (χ3n) is 6.47. The molecule has 192 valence electrons. The van der Waals surface area contributed by atoms with Gasteiger partial charge in [-0.2, -0.15) is 10.5 Å². The summed E-state index contributed by atoms with van der Waals surface area (Å²) >= 11 is 1.55. The van der Waals surface area contributed by atoms with Crippen molar-refractivity contribution < 1.29 is 9.47 Å². The van der Waals surface area contributed by atoms with Crippen LogP contribution in [-0.2, 0) is 0 Å². The summed E-state index contributed by atoms with van der Waals surface area (Å²) in [6, 6.07) is 12.5. The predicted octanol–water partition coefficient (Wildman–Crippen LogP) is 5.86. The first-order valence-electron chi connectivity index (χ1n) is 12.9. The van der Waals surface area contributed by atoms with Crippen molar-refractivity contribution in [1.82, 2.24) is 9.80 Å². The van der Waals surface area contributed by atoms with E-state index >= 15 is 0 Å². The van der Waals surface area contributed by atoms with E-state index < -0.39 is 0 Å². The zero-order chi connectivity index (χ0) is 25.9. The highest BCUT2D eigenvalue weighted by Crippen LogP contribution is 2.54. The Bertz CT molecular complexity index is 1010. The first-order chi connectivity index (χ1) is 17.6. The Morgan fingerprint density at radius 2 is 1.33 bits per heavy atom. The van der Waals surface area contributed by atoms with E-state index in [-0.39, 0.29) is 11.1 Å². The fourth-order valence-electron chi connectivity index (χ4n) is 4.30. The number of ether oxygens (including phenoxy) is 2. The molecular formula is C28H37N5O2S. The lowest BCUT2D eigenvalue weighted by molar-refractivity contribution is 0.243. The summed E-state index contributed by atoms with van der Waals surface area (Å²) in [4.78, 5) is 6.52. The molecular weight excluding hydrogens is 470 g/mol. The van der Waals surface area contributed by atoms with Gasteiger partial charge in [-0.1, -0.05) is 51.6 Å². The minimum absolute atomic E-state index is 0.227. The van der Waals surface area contributed by atoms with Crippen LogP contribution in [0.3, 0.4) is 0 Å². The fourth-order valence-corrected chi connectivity index (χ4v) is 5.39. The van der Waals surface area contributed by atoms with Crippen LogP contribution in [0.1, 0.15) is 51.7 Å². The predicted molar refractivity (Wildman–Crippen MR) is 146 cm³/mol. The number of nitriles is 2. The Morgan fingerprint density at radius 1 is 0.806 bits per heavy atom. The largest absolute Gasteiger partial charge is 0.491 e. The smallest absolute Gasteiger partial charge is 0.163 e. The van der Waals surface area contributed by atoms with Gasteiger partial charge in [0.25, 0.3) is 0 Å². The van der Waals surface area contributed by atoms with Gasteiger partial charge in [-0.3, -0.25) is 0 Å². The van der Waals surface area contributed by atoms with Crippen molar-refractivity contribution in [2.75, 3.05) is 57.8 Å². The number of benzene rings is 2. The van der Waals surface area contributed by atoms with Crippen molar-refractivity contribution >= 4 is 23.1 Å². The number of fused-ring (bicyclic) bond motifs is 2. The van der Waals surface area contributed by atoms with Gasteiger partial charge < -0.3 is 24.6 Å². The third-order valence-corrected chi connectivity index (χ3v) is 7.64. The van der Waals surface area contributed by atoms with Gasteiger partial charge >= 0.3 is 0 Å². The molecule has 8 heteroatoms. The number of rotatable bonds is 14. The second-order valence-corrected chi connectivity index (χ2v) is 9.57. The lowest BCUT2D eigenvalue weighted by Crippen LogP contribution is -2.25. The standard InChI is InChI=1S/C28H37N5O2S/c1-5-32(6-2)15-11-17-34-26-21(19-29)22(20-30)27(35-18-12-16-33(7-3)8-4)28-25(26)31-23-13-9-10-14-24(23)36-28/h9-10,13-14,31H,5-8,11-12,15-18H2,1-4H3. The van der Waals surface area contributed by atoms with Crippen molar-refractivity contribution in [3.63, 3.8) is 0 Å². The lowest BCUT2D eigenvalue weighted by Gasteiger charge is -2.27. The van der Waals surface area contributed by atoms with Gasteiger partial charge in [0.1, 0.15) is 29.0 Å².